The van der Waals surface area contributed by atoms with E-state index in [9.17, 15) is 5.11 Å². The van der Waals surface area contributed by atoms with Crippen LogP contribution in [0.15, 0.2) is 46.9 Å². The topological polar surface area (TPSA) is 55.5 Å². The van der Waals surface area contributed by atoms with Gasteiger partial charge in [0.15, 0.2) is 5.58 Å². The number of ether oxygens (including phenoxy) is 1. The molecule has 0 amide bonds. The molecule has 0 aliphatic rings. The highest BCUT2D eigenvalue weighted by Crippen LogP contribution is 2.37. The Kier molecular flexibility index (Phi) is 2.15. The van der Waals surface area contributed by atoms with Crippen LogP contribution in [0.4, 0.5) is 0 Å². The summed E-state index contributed by atoms with van der Waals surface area (Å²) in [7, 11) is 1.61. The number of benzene rings is 2. The number of nitrogens with zero attached hydrogens (tertiary/aromatic N) is 1. The van der Waals surface area contributed by atoms with Crippen molar-refractivity contribution in [2.45, 2.75) is 0 Å². The van der Waals surface area contributed by atoms with Crippen LogP contribution in [0.3, 0.4) is 0 Å². The summed E-state index contributed by atoms with van der Waals surface area (Å²) in [5.74, 6) is 0.744. The Morgan fingerprint density at radius 3 is 2.65 bits per heavy atom. The fourth-order valence-corrected chi connectivity index (χ4v) is 2.53. The highest BCUT2D eigenvalue weighted by molar-refractivity contribution is 6.14. The number of hydrogen-bond acceptors (Lipinski definition) is 4. The van der Waals surface area contributed by atoms with E-state index in [2.05, 4.69) is 4.98 Å². The van der Waals surface area contributed by atoms with Crippen molar-refractivity contribution in [2.75, 3.05) is 7.11 Å². The number of methoxy groups -OCH3 is 1. The Labute approximate surface area is 114 Å². The lowest BCUT2D eigenvalue weighted by Crippen LogP contribution is -1.82. The number of rotatable bonds is 1. The van der Waals surface area contributed by atoms with Gasteiger partial charge < -0.3 is 14.3 Å². The van der Waals surface area contributed by atoms with Gasteiger partial charge in [-0.3, -0.25) is 0 Å². The van der Waals surface area contributed by atoms with Crippen LogP contribution < -0.4 is 4.74 Å². The summed E-state index contributed by atoms with van der Waals surface area (Å²) in [6, 6.07) is 13.1. The Hall–Kier alpha value is -2.75. The normalized spacial score (nSPS) is 11.4. The first-order chi connectivity index (χ1) is 9.78. The second-order valence-corrected chi connectivity index (χ2v) is 4.62. The number of aromatic hydroxyl groups is 1. The molecule has 0 saturated carbocycles. The molecule has 4 rings (SSSR count). The van der Waals surface area contributed by atoms with Crippen molar-refractivity contribution >= 4 is 32.8 Å². The Balaban J connectivity index is 2.25. The fraction of sp³-hybridized carbons (Fsp3) is 0.0625. The quantitative estimate of drug-likeness (QED) is 0.568. The molecular formula is C16H11NO3. The van der Waals surface area contributed by atoms with Crippen LogP contribution in [0.2, 0.25) is 0 Å². The summed E-state index contributed by atoms with van der Waals surface area (Å²) in [5, 5.41) is 12.5. The van der Waals surface area contributed by atoms with Gasteiger partial charge in [-0.05, 0) is 24.3 Å². The maximum Gasteiger partial charge on any atom is 0.219 e. The zero-order valence-corrected chi connectivity index (χ0v) is 10.8. The third kappa shape index (κ3) is 1.39. The third-order valence-corrected chi connectivity index (χ3v) is 3.50. The summed E-state index contributed by atoms with van der Waals surface area (Å²) in [5.41, 5.74) is 2.06. The van der Waals surface area contributed by atoms with Crippen LogP contribution in [0.25, 0.3) is 32.8 Å². The zero-order chi connectivity index (χ0) is 13.7. The monoisotopic (exact) mass is 265 g/mol. The average Bonchev–Trinajstić information content (AvgIpc) is 2.85. The molecule has 0 radical (unpaired) electrons. The molecule has 0 aliphatic carbocycles. The lowest BCUT2D eigenvalue weighted by Gasteiger charge is -2.00. The minimum absolute atomic E-state index is 0.0126. The Morgan fingerprint density at radius 2 is 1.85 bits per heavy atom. The summed E-state index contributed by atoms with van der Waals surface area (Å²) in [6.07, 6.45) is 0. The Morgan fingerprint density at radius 1 is 1.05 bits per heavy atom. The van der Waals surface area contributed by atoms with Crippen LogP contribution in [-0.4, -0.2) is 17.2 Å². The zero-order valence-electron chi connectivity index (χ0n) is 10.8. The molecule has 4 aromatic rings. The van der Waals surface area contributed by atoms with Gasteiger partial charge in [-0.15, -0.1) is 0 Å². The third-order valence-electron chi connectivity index (χ3n) is 3.50. The van der Waals surface area contributed by atoms with Gasteiger partial charge in [0, 0.05) is 10.8 Å². The van der Waals surface area contributed by atoms with Crippen LogP contribution in [-0.2, 0) is 0 Å². The van der Waals surface area contributed by atoms with Crippen molar-refractivity contribution in [1.82, 2.24) is 4.98 Å². The van der Waals surface area contributed by atoms with Crippen molar-refractivity contribution in [1.29, 1.82) is 0 Å². The van der Waals surface area contributed by atoms with Gasteiger partial charge in [-0.2, -0.15) is 0 Å². The lowest BCUT2D eigenvalue weighted by atomic mass is 10.1. The highest BCUT2D eigenvalue weighted by Gasteiger charge is 2.15. The molecule has 2 heterocycles. The number of hydrogen-bond donors (Lipinski definition) is 1. The molecule has 20 heavy (non-hydrogen) atoms. The van der Waals surface area contributed by atoms with E-state index < -0.39 is 0 Å². The second kappa shape index (κ2) is 3.87. The Bertz CT molecular complexity index is 956. The first-order valence-electron chi connectivity index (χ1n) is 6.26. The minimum Gasteiger partial charge on any atom is -0.497 e. The van der Waals surface area contributed by atoms with E-state index in [-0.39, 0.29) is 5.88 Å². The van der Waals surface area contributed by atoms with Crippen LogP contribution in [0.1, 0.15) is 0 Å². The first kappa shape index (κ1) is 11.1. The van der Waals surface area contributed by atoms with Gasteiger partial charge in [-0.25, -0.2) is 4.98 Å². The van der Waals surface area contributed by atoms with Gasteiger partial charge in [-0.1, -0.05) is 18.2 Å². The molecule has 0 unspecified atom stereocenters. The molecule has 0 saturated heterocycles. The van der Waals surface area contributed by atoms with Crippen molar-refractivity contribution < 1.29 is 14.3 Å². The second-order valence-electron chi connectivity index (χ2n) is 4.62. The molecule has 0 fully saturated rings. The summed E-state index contributed by atoms with van der Waals surface area (Å²) in [4.78, 5) is 4.27. The van der Waals surface area contributed by atoms with Gasteiger partial charge in [0.1, 0.15) is 16.8 Å². The van der Waals surface area contributed by atoms with Gasteiger partial charge in [0.25, 0.3) is 0 Å². The van der Waals surface area contributed by atoms with Crippen LogP contribution in [0, 0.1) is 0 Å². The predicted octanol–water partition coefficient (Wildman–Crippen LogP) is 3.85. The maximum absolute atomic E-state index is 10.1. The largest absolute Gasteiger partial charge is 0.497 e. The fourth-order valence-electron chi connectivity index (χ4n) is 2.53. The molecule has 4 nitrogen and oxygen atoms in total. The number of aromatic nitrogens is 1. The van der Waals surface area contributed by atoms with E-state index in [4.69, 9.17) is 9.15 Å². The van der Waals surface area contributed by atoms with Crippen molar-refractivity contribution in [2.24, 2.45) is 0 Å². The van der Waals surface area contributed by atoms with Crippen molar-refractivity contribution in [3.63, 3.8) is 0 Å². The maximum atomic E-state index is 10.1. The molecular weight excluding hydrogens is 254 g/mol. The van der Waals surface area contributed by atoms with Gasteiger partial charge in [0.05, 0.1) is 12.5 Å². The molecule has 98 valence electrons. The van der Waals surface area contributed by atoms with E-state index >= 15 is 0 Å². The summed E-state index contributed by atoms with van der Waals surface area (Å²) < 4.78 is 11.1. The minimum atomic E-state index is 0.0126. The van der Waals surface area contributed by atoms with Crippen LogP contribution >= 0.6 is 0 Å². The molecule has 4 heteroatoms. The number of pyridine rings is 1. The molecule has 2 aromatic carbocycles. The van der Waals surface area contributed by atoms with Crippen molar-refractivity contribution in [3.05, 3.63) is 42.5 Å². The SMILES string of the molecule is COc1ccc2oc3c4ccccc4c(O)nc3c2c1. The standard InChI is InChI=1S/C16H11NO3/c1-19-9-6-7-13-12(8-9)14-15(20-13)10-4-2-3-5-11(10)16(18)17-14/h2-8H,1H3,(H,17,18). The van der Waals surface area contributed by atoms with Crippen LogP contribution in [0.5, 0.6) is 11.6 Å². The van der Waals surface area contributed by atoms with E-state index in [1.165, 1.54) is 0 Å². The predicted molar refractivity (Wildman–Crippen MR) is 77.2 cm³/mol. The van der Waals surface area contributed by atoms with E-state index in [1.807, 2.05) is 42.5 Å². The molecule has 0 aliphatic heterocycles. The molecule has 0 atom stereocenters. The van der Waals surface area contributed by atoms with Gasteiger partial charge in [0.2, 0.25) is 5.88 Å². The van der Waals surface area contributed by atoms with E-state index in [0.29, 0.717) is 16.5 Å². The summed E-state index contributed by atoms with van der Waals surface area (Å²) >= 11 is 0. The smallest absolute Gasteiger partial charge is 0.219 e. The first-order valence-corrected chi connectivity index (χ1v) is 6.26. The highest BCUT2D eigenvalue weighted by atomic mass is 16.5. The number of furan rings is 1. The van der Waals surface area contributed by atoms with Gasteiger partial charge >= 0.3 is 0 Å². The van der Waals surface area contributed by atoms with Crippen molar-refractivity contribution in [3.8, 4) is 11.6 Å². The molecule has 0 bridgehead atoms. The van der Waals surface area contributed by atoms with E-state index in [0.717, 1.165) is 22.1 Å². The van der Waals surface area contributed by atoms with E-state index in [1.54, 1.807) is 7.11 Å². The molecule has 2 aromatic heterocycles. The number of fused-ring (bicyclic) bond motifs is 5. The summed E-state index contributed by atoms with van der Waals surface area (Å²) in [6.45, 7) is 0. The lowest BCUT2D eigenvalue weighted by molar-refractivity contribution is 0.415. The molecule has 1 N–H and O–H groups in total. The average molecular weight is 265 g/mol. The molecule has 0 spiro atoms.